The summed E-state index contributed by atoms with van der Waals surface area (Å²) in [4.78, 5) is 23.9. The molecule has 0 aliphatic heterocycles. The lowest BCUT2D eigenvalue weighted by molar-refractivity contribution is -0.123. The highest BCUT2D eigenvalue weighted by atomic mass is 16.5. The molecule has 0 fully saturated rings. The van der Waals surface area contributed by atoms with Crippen LogP contribution in [0.5, 0.6) is 11.5 Å². The Balaban J connectivity index is 1.92. The van der Waals surface area contributed by atoms with Gasteiger partial charge in [-0.05, 0) is 31.2 Å². The van der Waals surface area contributed by atoms with E-state index in [1.807, 2.05) is 19.1 Å². The summed E-state index contributed by atoms with van der Waals surface area (Å²) in [5.74, 6) is 0.274. The van der Waals surface area contributed by atoms with E-state index in [0.29, 0.717) is 22.9 Å². The normalized spacial score (nSPS) is 9.96. The Bertz CT molecular complexity index is 726. The molecule has 6 nitrogen and oxygen atoms in total. The first-order valence-electron chi connectivity index (χ1n) is 7.40. The molecule has 2 aromatic carbocycles. The number of aryl methyl sites for hydroxylation is 1. The fourth-order valence-corrected chi connectivity index (χ4v) is 2.11. The second kappa shape index (κ2) is 8.01. The Morgan fingerprint density at radius 3 is 1.96 bits per heavy atom. The topological polar surface area (TPSA) is 76.7 Å². The number of amides is 2. The minimum atomic E-state index is -0.410. The van der Waals surface area contributed by atoms with Gasteiger partial charge in [0.1, 0.15) is 6.42 Å². The molecule has 0 aromatic heterocycles. The van der Waals surface area contributed by atoms with Crippen molar-refractivity contribution in [3.05, 3.63) is 48.0 Å². The van der Waals surface area contributed by atoms with Crippen molar-refractivity contribution in [2.75, 3.05) is 24.9 Å². The van der Waals surface area contributed by atoms with Gasteiger partial charge in [0.05, 0.1) is 14.2 Å². The molecule has 0 radical (unpaired) electrons. The second-order valence-electron chi connectivity index (χ2n) is 5.21. The SMILES string of the molecule is COc1ccc(NC(=O)CC(=O)Nc2ccc(C)cc2)cc1OC. The fourth-order valence-electron chi connectivity index (χ4n) is 2.11. The van der Waals surface area contributed by atoms with Crippen LogP contribution in [0.1, 0.15) is 12.0 Å². The molecule has 24 heavy (non-hydrogen) atoms. The van der Waals surface area contributed by atoms with Crippen molar-refractivity contribution in [2.45, 2.75) is 13.3 Å². The highest BCUT2D eigenvalue weighted by Crippen LogP contribution is 2.29. The van der Waals surface area contributed by atoms with Crippen molar-refractivity contribution in [3.8, 4) is 11.5 Å². The van der Waals surface area contributed by atoms with Gasteiger partial charge in [-0.3, -0.25) is 9.59 Å². The highest BCUT2D eigenvalue weighted by molar-refractivity contribution is 6.08. The molecule has 0 saturated heterocycles. The van der Waals surface area contributed by atoms with Gasteiger partial charge in [0.25, 0.3) is 0 Å². The first-order valence-corrected chi connectivity index (χ1v) is 7.40. The lowest BCUT2D eigenvalue weighted by atomic mass is 10.2. The summed E-state index contributed by atoms with van der Waals surface area (Å²) in [7, 11) is 3.05. The first-order chi connectivity index (χ1) is 11.5. The maximum Gasteiger partial charge on any atom is 0.233 e. The van der Waals surface area contributed by atoms with Gasteiger partial charge in [-0.1, -0.05) is 17.7 Å². The predicted molar refractivity (Wildman–Crippen MR) is 92.6 cm³/mol. The van der Waals surface area contributed by atoms with E-state index in [1.165, 1.54) is 14.2 Å². The number of carbonyl (C=O) groups is 2. The van der Waals surface area contributed by atoms with Crippen molar-refractivity contribution in [2.24, 2.45) is 0 Å². The van der Waals surface area contributed by atoms with Gasteiger partial charge >= 0.3 is 0 Å². The van der Waals surface area contributed by atoms with Gasteiger partial charge in [0.2, 0.25) is 11.8 Å². The van der Waals surface area contributed by atoms with Crippen LogP contribution in [0.3, 0.4) is 0 Å². The lowest BCUT2D eigenvalue weighted by Crippen LogP contribution is -2.21. The number of rotatable bonds is 6. The number of nitrogens with one attached hydrogen (secondary N) is 2. The van der Waals surface area contributed by atoms with E-state index < -0.39 is 5.91 Å². The molecule has 0 saturated carbocycles. The number of hydrogen-bond acceptors (Lipinski definition) is 4. The third-order valence-electron chi connectivity index (χ3n) is 3.32. The summed E-state index contributed by atoms with van der Waals surface area (Å²) >= 11 is 0. The van der Waals surface area contributed by atoms with Crippen LogP contribution < -0.4 is 20.1 Å². The summed E-state index contributed by atoms with van der Waals surface area (Å²) in [6, 6.07) is 12.4. The third kappa shape index (κ3) is 4.74. The molecule has 0 unspecified atom stereocenters. The van der Waals surface area contributed by atoms with Crippen molar-refractivity contribution in [1.29, 1.82) is 0 Å². The summed E-state index contributed by atoms with van der Waals surface area (Å²) < 4.78 is 10.3. The second-order valence-corrected chi connectivity index (χ2v) is 5.21. The van der Waals surface area contributed by atoms with E-state index in [1.54, 1.807) is 30.3 Å². The lowest BCUT2D eigenvalue weighted by Gasteiger charge is -2.10. The molecule has 0 atom stereocenters. The Labute approximate surface area is 140 Å². The van der Waals surface area contributed by atoms with E-state index in [2.05, 4.69) is 10.6 Å². The molecule has 6 heteroatoms. The third-order valence-corrected chi connectivity index (χ3v) is 3.32. The van der Waals surface area contributed by atoms with Crippen molar-refractivity contribution >= 4 is 23.2 Å². The van der Waals surface area contributed by atoms with E-state index in [0.717, 1.165) is 5.56 Å². The number of benzene rings is 2. The molecule has 2 N–H and O–H groups in total. The summed E-state index contributed by atoms with van der Waals surface area (Å²) in [6.45, 7) is 1.96. The van der Waals surface area contributed by atoms with Crippen LogP contribution >= 0.6 is 0 Å². The standard InChI is InChI=1S/C18H20N2O4/c1-12-4-6-13(7-5-12)19-17(21)11-18(22)20-14-8-9-15(23-2)16(10-14)24-3/h4-10H,11H2,1-3H3,(H,19,21)(H,20,22). The van der Waals surface area contributed by atoms with Gasteiger partial charge in [-0.2, -0.15) is 0 Å². The molecule has 0 bridgehead atoms. The molecular weight excluding hydrogens is 308 g/mol. The Hall–Kier alpha value is -3.02. The van der Waals surface area contributed by atoms with Gasteiger partial charge in [0.15, 0.2) is 11.5 Å². The van der Waals surface area contributed by atoms with Gasteiger partial charge < -0.3 is 20.1 Å². The monoisotopic (exact) mass is 328 g/mol. The van der Waals surface area contributed by atoms with Crippen LogP contribution in [0, 0.1) is 6.92 Å². The molecule has 0 aliphatic carbocycles. The molecule has 0 spiro atoms. The van der Waals surface area contributed by atoms with Crippen LogP contribution in [0.25, 0.3) is 0 Å². The van der Waals surface area contributed by atoms with E-state index in [-0.39, 0.29) is 12.3 Å². The predicted octanol–water partition coefficient (Wildman–Crippen LogP) is 2.98. The Morgan fingerprint density at radius 2 is 1.38 bits per heavy atom. The number of carbonyl (C=O) groups excluding carboxylic acids is 2. The smallest absolute Gasteiger partial charge is 0.233 e. The maximum absolute atomic E-state index is 12.0. The zero-order valence-electron chi connectivity index (χ0n) is 13.9. The fraction of sp³-hybridized carbons (Fsp3) is 0.222. The van der Waals surface area contributed by atoms with Crippen molar-refractivity contribution in [3.63, 3.8) is 0 Å². The van der Waals surface area contributed by atoms with E-state index >= 15 is 0 Å². The van der Waals surface area contributed by atoms with Gasteiger partial charge in [-0.25, -0.2) is 0 Å². The molecule has 2 aromatic rings. The molecule has 2 rings (SSSR count). The van der Waals surface area contributed by atoms with E-state index in [4.69, 9.17) is 9.47 Å². The number of anilines is 2. The number of methoxy groups -OCH3 is 2. The molecular formula is C18H20N2O4. The van der Waals surface area contributed by atoms with Crippen LogP contribution in [0.15, 0.2) is 42.5 Å². The quantitative estimate of drug-likeness (QED) is 0.799. The number of ether oxygens (including phenoxy) is 2. The molecule has 0 aliphatic rings. The highest BCUT2D eigenvalue weighted by Gasteiger charge is 2.11. The van der Waals surface area contributed by atoms with Crippen LogP contribution in [-0.2, 0) is 9.59 Å². The summed E-state index contributed by atoms with van der Waals surface area (Å²) in [6.07, 6.45) is -0.276. The maximum atomic E-state index is 12.0. The Kier molecular flexibility index (Phi) is 5.78. The zero-order chi connectivity index (χ0) is 17.5. The first kappa shape index (κ1) is 17.3. The molecule has 2 amide bonds. The Morgan fingerprint density at radius 1 is 0.833 bits per heavy atom. The summed E-state index contributed by atoms with van der Waals surface area (Å²) in [5.41, 5.74) is 2.28. The molecule has 126 valence electrons. The zero-order valence-corrected chi connectivity index (χ0v) is 13.9. The van der Waals surface area contributed by atoms with Crippen LogP contribution in [-0.4, -0.2) is 26.0 Å². The average molecular weight is 328 g/mol. The molecule has 0 heterocycles. The van der Waals surface area contributed by atoms with E-state index in [9.17, 15) is 9.59 Å². The number of hydrogen-bond donors (Lipinski definition) is 2. The van der Waals surface area contributed by atoms with Crippen LogP contribution in [0.2, 0.25) is 0 Å². The minimum absolute atomic E-state index is 0.276. The van der Waals surface area contributed by atoms with Crippen molar-refractivity contribution in [1.82, 2.24) is 0 Å². The largest absolute Gasteiger partial charge is 0.493 e. The average Bonchev–Trinajstić information content (AvgIpc) is 2.56. The van der Waals surface area contributed by atoms with Gasteiger partial charge in [0, 0.05) is 17.4 Å². The summed E-state index contributed by atoms with van der Waals surface area (Å²) in [5, 5.41) is 5.34. The van der Waals surface area contributed by atoms with Gasteiger partial charge in [-0.15, -0.1) is 0 Å². The minimum Gasteiger partial charge on any atom is -0.493 e. The van der Waals surface area contributed by atoms with Crippen LogP contribution in [0.4, 0.5) is 11.4 Å². The van der Waals surface area contributed by atoms with Crippen molar-refractivity contribution < 1.29 is 19.1 Å².